The van der Waals surface area contributed by atoms with E-state index in [1.165, 1.54) is 180 Å². The zero-order valence-corrected chi connectivity index (χ0v) is 31.4. The highest BCUT2D eigenvalue weighted by Gasteiger charge is 2.53. The summed E-state index contributed by atoms with van der Waals surface area (Å²) in [5, 5.41) is 0. The van der Waals surface area contributed by atoms with Crippen LogP contribution in [0.2, 0.25) is 0 Å². The van der Waals surface area contributed by atoms with Gasteiger partial charge in [0.1, 0.15) is 5.60 Å². The summed E-state index contributed by atoms with van der Waals surface area (Å²) in [6.45, 7) is 10.8. The van der Waals surface area contributed by atoms with E-state index in [0.717, 1.165) is 25.7 Å². The Morgan fingerprint density at radius 3 is 1.10 bits per heavy atom. The largest absolute Gasteiger partial charge is 0.454 e. The lowest BCUT2D eigenvalue weighted by atomic mass is 9.50. The predicted molar refractivity (Wildman–Crippen MR) is 200 cm³/mol. The van der Waals surface area contributed by atoms with Crippen LogP contribution in [0.3, 0.4) is 0 Å². The first-order valence-electron chi connectivity index (χ1n) is 21.2. The molecule has 4 nitrogen and oxygen atoms in total. The van der Waals surface area contributed by atoms with E-state index in [1.807, 2.05) is 6.92 Å². The van der Waals surface area contributed by atoms with Gasteiger partial charge in [-0.05, 0) is 95.5 Å². The van der Waals surface area contributed by atoms with Gasteiger partial charge in [0.15, 0.2) is 0 Å². The second kappa shape index (κ2) is 20.9. The minimum Gasteiger partial charge on any atom is -0.454 e. The number of hydrogen-bond donors (Lipinski definition) is 0. The Morgan fingerprint density at radius 2 is 0.771 bits per heavy atom. The molecule has 0 radical (unpaired) electrons. The summed E-state index contributed by atoms with van der Waals surface area (Å²) < 4.78 is 12.0. The first kappa shape index (κ1) is 39.2. The van der Waals surface area contributed by atoms with Crippen LogP contribution >= 0.6 is 0 Å². The molecular formula is C44H74O4. The number of carbonyl (C=O) groups excluding carboxylic acids is 2. The Kier molecular flexibility index (Phi) is 17.1. The quantitative estimate of drug-likeness (QED) is 0.147. The summed E-state index contributed by atoms with van der Waals surface area (Å²) in [6.07, 6.45) is 39.3. The molecule has 0 unspecified atom stereocenters. The lowest BCUT2D eigenvalue weighted by Crippen LogP contribution is -2.49. The maximum atomic E-state index is 14.6. The molecule has 0 saturated heterocycles. The molecule has 4 heteroatoms. The third-order valence-electron chi connectivity index (χ3n) is 13.3. The van der Waals surface area contributed by atoms with Crippen LogP contribution in [0.5, 0.6) is 0 Å². The van der Waals surface area contributed by atoms with Gasteiger partial charge >= 0.3 is 11.9 Å². The Morgan fingerprint density at radius 1 is 0.479 bits per heavy atom. The normalized spacial score (nSPS) is 24.4. The number of hydrogen-bond acceptors (Lipinski definition) is 4. The van der Waals surface area contributed by atoms with Crippen LogP contribution in [0.25, 0.3) is 0 Å². The van der Waals surface area contributed by atoms with E-state index in [2.05, 4.69) is 6.58 Å². The van der Waals surface area contributed by atoms with Crippen molar-refractivity contribution in [1.29, 1.82) is 0 Å². The number of rotatable bonds is 8. The third kappa shape index (κ3) is 11.5. The van der Waals surface area contributed by atoms with Gasteiger partial charge in [0.05, 0.1) is 0 Å². The topological polar surface area (TPSA) is 52.6 Å². The molecule has 274 valence electrons. The van der Waals surface area contributed by atoms with Crippen LogP contribution in [0, 0.1) is 23.2 Å². The summed E-state index contributed by atoms with van der Waals surface area (Å²) in [7, 11) is 0. The van der Waals surface area contributed by atoms with Gasteiger partial charge in [-0.2, -0.15) is 0 Å². The zero-order valence-electron chi connectivity index (χ0n) is 31.4. The van der Waals surface area contributed by atoms with Crippen molar-refractivity contribution in [2.45, 2.75) is 218 Å². The van der Waals surface area contributed by atoms with E-state index >= 15 is 0 Å². The minimum absolute atomic E-state index is 0.162. The van der Waals surface area contributed by atoms with Gasteiger partial charge < -0.3 is 9.47 Å². The molecule has 0 aromatic heterocycles. The fourth-order valence-corrected chi connectivity index (χ4v) is 10.7. The summed E-state index contributed by atoms with van der Waals surface area (Å²) in [6, 6.07) is 0. The van der Waals surface area contributed by atoms with Crippen molar-refractivity contribution in [3.05, 3.63) is 24.5 Å². The van der Waals surface area contributed by atoms with E-state index < -0.39 is 17.5 Å². The fraction of sp³-hybridized carbons (Fsp3) is 0.864. The van der Waals surface area contributed by atoms with Gasteiger partial charge in [0.2, 0.25) is 5.76 Å². The van der Waals surface area contributed by atoms with Gasteiger partial charge in [-0.15, -0.1) is 0 Å². The van der Waals surface area contributed by atoms with Crippen molar-refractivity contribution in [3.63, 3.8) is 0 Å². The molecule has 0 aromatic rings. The van der Waals surface area contributed by atoms with Crippen LogP contribution < -0.4 is 0 Å². The minimum atomic E-state index is -0.581. The summed E-state index contributed by atoms with van der Waals surface area (Å²) in [5.74, 6) is 0.137. The SMILES string of the molecule is C=C(OC(=O)C(=C)C(C1CCCCCCCCC1)(C1CCCCCCCCC1)C1CCCCCCCCC1)C(=O)OC1(C)CCCCC1. The number of carbonyl (C=O) groups is 2. The molecule has 0 bridgehead atoms. The van der Waals surface area contributed by atoms with Crippen LogP contribution in [-0.2, 0) is 19.1 Å². The van der Waals surface area contributed by atoms with Gasteiger partial charge in [0.25, 0.3) is 0 Å². The van der Waals surface area contributed by atoms with Crippen molar-refractivity contribution < 1.29 is 19.1 Å². The van der Waals surface area contributed by atoms with E-state index in [4.69, 9.17) is 16.1 Å². The van der Waals surface area contributed by atoms with Crippen LogP contribution in [0.4, 0.5) is 0 Å². The molecule has 0 spiro atoms. The van der Waals surface area contributed by atoms with Crippen molar-refractivity contribution in [2.75, 3.05) is 0 Å². The molecule has 4 aliphatic carbocycles. The number of esters is 2. The molecule has 48 heavy (non-hydrogen) atoms. The Labute approximate surface area is 296 Å². The molecule has 4 fully saturated rings. The average molecular weight is 667 g/mol. The molecule has 0 heterocycles. The second-order valence-electron chi connectivity index (χ2n) is 16.9. The second-order valence-corrected chi connectivity index (χ2v) is 16.9. The zero-order chi connectivity index (χ0) is 34.1. The van der Waals surface area contributed by atoms with E-state index in [0.29, 0.717) is 23.3 Å². The highest BCUT2D eigenvalue weighted by atomic mass is 16.6. The monoisotopic (exact) mass is 667 g/mol. The van der Waals surface area contributed by atoms with Crippen LogP contribution in [-0.4, -0.2) is 17.5 Å². The molecular weight excluding hydrogens is 592 g/mol. The maximum absolute atomic E-state index is 14.6. The Hall–Kier alpha value is -1.58. The van der Waals surface area contributed by atoms with Crippen LogP contribution in [0.15, 0.2) is 24.5 Å². The first-order chi connectivity index (χ1) is 23.4. The standard InChI is InChI=1S/C44H74O4/c1-36(41(45)47-37(2)42(46)48-43(3)34-26-19-27-35-43)44(38-28-20-13-7-4-8-14-21-29-38,39-30-22-15-9-5-10-16-23-31-39)40-32-24-17-11-6-12-18-25-33-40/h38-40H,1-2,4-35H2,3H3. The fourth-order valence-electron chi connectivity index (χ4n) is 10.7. The highest BCUT2D eigenvalue weighted by Crippen LogP contribution is 2.58. The molecule has 0 N–H and O–H groups in total. The van der Waals surface area contributed by atoms with Crippen molar-refractivity contribution >= 4 is 11.9 Å². The average Bonchev–Trinajstić information content (AvgIpc) is 3.09. The lowest BCUT2D eigenvalue weighted by molar-refractivity contribution is -0.163. The molecule has 4 saturated carbocycles. The van der Waals surface area contributed by atoms with E-state index in [1.54, 1.807) is 0 Å². The third-order valence-corrected chi connectivity index (χ3v) is 13.3. The molecule has 0 aromatic carbocycles. The van der Waals surface area contributed by atoms with E-state index in [9.17, 15) is 9.59 Å². The Bertz CT molecular complexity index is 895. The van der Waals surface area contributed by atoms with Gasteiger partial charge in [-0.1, -0.05) is 148 Å². The smallest absolute Gasteiger partial charge is 0.374 e. The summed E-state index contributed by atoms with van der Waals surface area (Å²) >= 11 is 0. The summed E-state index contributed by atoms with van der Waals surface area (Å²) in [5.41, 5.74) is -0.131. The lowest BCUT2D eigenvalue weighted by Gasteiger charge is -2.53. The number of ether oxygens (including phenoxy) is 2. The summed E-state index contributed by atoms with van der Waals surface area (Å²) in [4.78, 5) is 28.0. The van der Waals surface area contributed by atoms with Crippen molar-refractivity contribution in [1.82, 2.24) is 0 Å². The molecule has 4 aliphatic rings. The highest BCUT2D eigenvalue weighted by molar-refractivity contribution is 5.95. The maximum Gasteiger partial charge on any atom is 0.374 e. The molecule has 0 aliphatic heterocycles. The van der Waals surface area contributed by atoms with Gasteiger partial charge in [-0.3, -0.25) is 0 Å². The Balaban J connectivity index is 1.72. The van der Waals surface area contributed by atoms with Gasteiger partial charge in [0, 0.05) is 11.0 Å². The van der Waals surface area contributed by atoms with Crippen molar-refractivity contribution in [2.24, 2.45) is 23.2 Å². The van der Waals surface area contributed by atoms with Crippen molar-refractivity contribution in [3.8, 4) is 0 Å². The molecule has 0 amide bonds. The molecule has 4 rings (SSSR count). The van der Waals surface area contributed by atoms with E-state index in [-0.39, 0.29) is 11.2 Å². The predicted octanol–water partition coefficient (Wildman–Crippen LogP) is 13.3. The molecule has 0 atom stereocenters. The van der Waals surface area contributed by atoms with Crippen LogP contribution in [0.1, 0.15) is 212 Å². The van der Waals surface area contributed by atoms with Gasteiger partial charge in [-0.25, -0.2) is 9.59 Å². The first-order valence-corrected chi connectivity index (χ1v) is 21.2.